The predicted octanol–water partition coefficient (Wildman–Crippen LogP) is 4.07. The van der Waals surface area contributed by atoms with Gasteiger partial charge < -0.3 is 0 Å². The van der Waals surface area contributed by atoms with Gasteiger partial charge in [0.2, 0.25) is 0 Å². The molecule has 2 rings (SSSR count). The van der Waals surface area contributed by atoms with Crippen molar-refractivity contribution in [3.8, 4) is 11.3 Å². The van der Waals surface area contributed by atoms with Gasteiger partial charge in [0.25, 0.3) is 0 Å². The molecule has 0 N–H and O–H groups in total. The van der Waals surface area contributed by atoms with E-state index in [0.29, 0.717) is 0 Å². The number of rotatable bonds is 2. The fourth-order valence-corrected chi connectivity index (χ4v) is 1.69. The SMILES string of the molecule is CCc1ccc(-c2ccc(Br)cn2)cc1. The Morgan fingerprint density at radius 2 is 1.80 bits per heavy atom. The number of halogens is 1. The molecule has 1 aromatic heterocycles. The average molecular weight is 262 g/mol. The van der Waals surface area contributed by atoms with Crippen LogP contribution in [0.4, 0.5) is 0 Å². The van der Waals surface area contributed by atoms with Crippen LogP contribution in [0, 0.1) is 0 Å². The predicted molar refractivity (Wildman–Crippen MR) is 66.8 cm³/mol. The number of aryl methyl sites for hydroxylation is 1. The first-order valence-corrected chi connectivity index (χ1v) is 5.80. The van der Waals surface area contributed by atoms with Gasteiger partial charge in [-0.2, -0.15) is 0 Å². The third kappa shape index (κ3) is 2.45. The maximum atomic E-state index is 4.36. The summed E-state index contributed by atoms with van der Waals surface area (Å²) in [5, 5.41) is 0. The minimum absolute atomic E-state index is 1.01. The van der Waals surface area contributed by atoms with Crippen molar-refractivity contribution in [2.75, 3.05) is 0 Å². The molecule has 0 fully saturated rings. The second-order valence-corrected chi connectivity index (χ2v) is 4.33. The van der Waals surface area contributed by atoms with E-state index >= 15 is 0 Å². The van der Waals surface area contributed by atoms with Crippen molar-refractivity contribution in [1.29, 1.82) is 0 Å². The molecule has 2 heteroatoms. The van der Waals surface area contributed by atoms with Gasteiger partial charge in [-0.25, -0.2) is 0 Å². The first-order valence-electron chi connectivity index (χ1n) is 5.00. The summed E-state index contributed by atoms with van der Waals surface area (Å²) in [6.45, 7) is 2.16. The molecule has 1 heterocycles. The lowest BCUT2D eigenvalue weighted by Gasteiger charge is -2.02. The highest BCUT2D eigenvalue weighted by Crippen LogP contribution is 2.19. The summed E-state index contributed by atoms with van der Waals surface area (Å²) in [5.41, 5.74) is 3.54. The lowest BCUT2D eigenvalue weighted by Crippen LogP contribution is -1.84. The van der Waals surface area contributed by atoms with Gasteiger partial charge in [0, 0.05) is 16.2 Å². The molecule has 15 heavy (non-hydrogen) atoms. The number of hydrogen-bond donors (Lipinski definition) is 0. The molecule has 0 amide bonds. The molecule has 0 saturated heterocycles. The lowest BCUT2D eigenvalue weighted by atomic mass is 10.1. The van der Waals surface area contributed by atoms with Crippen LogP contribution in [-0.4, -0.2) is 4.98 Å². The van der Waals surface area contributed by atoms with E-state index in [1.807, 2.05) is 18.3 Å². The first kappa shape index (κ1) is 10.4. The van der Waals surface area contributed by atoms with E-state index in [1.54, 1.807) is 0 Å². The molecule has 2 aromatic rings. The third-order valence-corrected chi connectivity index (χ3v) is 2.85. The van der Waals surface area contributed by atoms with Crippen LogP contribution in [0.3, 0.4) is 0 Å². The number of benzene rings is 1. The van der Waals surface area contributed by atoms with Crippen LogP contribution in [0.1, 0.15) is 12.5 Å². The van der Waals surface area contributed by atoms with Crippen LogP contribution in [-0.2, 0) is 6.42 Å². The number of nitrogens with zero attached hydrogens (tertiary/aromatic N) is 1. The summed E-state index contributed by atoms with van der Waals surface area (Å²) in [5.74, 6) is 0. The maximum absolute atomic E-state index is 4.36. The summed E-state index contributed by atoms with van der Waals surface area (Å²) in [7, 11) is 0. The molecule has 0 aliphatic carbocycles. The van der Waals surface area contributed by atoms with Crippen molar-refractivity contribution in [3.63, 3.8) is 0 Å². The molecule has 0 aliphatic rings. The topological polar surface area (TPSA) is 12.9 Å². The zero-order chi connectivity index (χ0) is 10.7. The van der Waals surface area contributed by atoms with Gasteiger partial charge in [0.05, 0.1) is 5.69 Å². The smallest absolute Gasteiger partial charge is 0.0702 e. The van der Waals surface area contributed by atoms with E-state index in [9.17, 15) is 0 Å². The van der Waals surface area contributed by atoms with Crippen molar-refractivity contribution < 1.29 is 0 Å². The van der Waals surface area contributed by atoms with E-state index in [2.05, 4.69) is 52.1 Å². The molecular weight excluding hydrogens is 250 g/mol. The monoisotopic (exact) mass is 261 g/mol. The Balaban J connectivity index is 2.33. The second kappa shape index (κ2) is 4.58. The summed E-state index contributed by atoms with van der Waals surface area (Å²) < 4.78 is 1.01. The highest BCUT2D eigenvalue weighted by Gasteiger charge is 1.98. The molecule has 0 bridgehead atoms. The summed E-state index contributed by atoms with van der Waals surface area (Å²) in [6.07, 6.45) is 2.90. The Hall–Kier alpha value is -1.15. The van der Waals surface area contributed by atoms with Crippen molar-refractivity contribution >= 4 is 15.9 Å². The average Bonchev–Trinajstić information content (AvgIpc) is 2.30. The van der Waals surface area contributed by atoms with Crippen LogP contribution in [0.2, 0.25) is 0 Å². The van der Waals surface area contributed by atoms with Crippen LogP contribution in [0.15, 0.2) is 47.1 Å². The van der Waals surface area contributed by atoms with Crippen molar-refractivity contribution in [2.45, 2.75) is 13.3 Å². The summed E-state index contributed by atoms with van der Waals surface area (Å²) >= 11 is 3.38. The highest BCUT2D eigenvalue weighted by atomic mass is 79.9. The molecule has 0 radical (unpaired) electrons. The summed E-state index contributed by atoms with van der Waals surface area (Å²) in [6, 6.07) is 12.6. The molecule has 0 unspecified atom stereocenters. The Morgan fingerprint density at radius 1 is 1.07 bits per heavy atom. The Morgan fingerprint density at radius 3 is 2.33 bits per heavy atom. The minimum Gasteiger partial charge on any atom is -0.255 e. The van der Waals surface area contributed by atoms with Crippen LogP contribution >= 0.6 is 15.9 Å². The fraction of sp³-hybridized carbons (Fsp3) is 0.154. The van der Waals surface area contributed by atoms with Crippen molar-refractivity contribution in [3.05, 3.63) is 52.6 Å². The van der Waals surface area contributed by atoms with E-state index in [0.717, 1.165) is 16.6 Å². The second-order valence-electron chi connectivity index (χ2n) is 3.41. The number of pyridine rings is 1. The molecule has 0 aliphatic heterocycles. The van der Waals surface area contributed by atoms with Gasteiger partial charge in [0.15, 0.2) is 0 Å². The van der Waals surface area contributed by atoms with Gasteiger partial charge >= 0.3 is 0 Å². The fourth-order valence-electron chi connectivity index (χ4n) is 1.46. The van der Waals surface area contributed by atoms with E-state index in [-0.39, 0.29) is 0 Å². The quantitative estimate of drug-likeness (QED) is 0.794. The molecular formula is C13H12BrN. The zero-order valence-electron chi connectivity index (χ0n) is 8.57. The minimum atomic E-state index is 1.01. The van der Waals surface area contributed by atoms with Gasteiger partial charge in [-0.3, -0.25) is 4.98 Å². The Labute approximate surface area is 98.3 Å². The van der Waals surface area contributed by atoms with Crippen molar-refractivity contribution in [2.24, 2.45) is 0 Å². The van der Waals surface area contributed by atoms with Gasteiger partial charge in [-0.15, -0.1) is 0 Å². The molecule has 1 nitrogen and oxygen atoms in total. The van der Waals surface area contributed by atoms with Gasteiger partial charge in [-0.1, -0.05) is 31.2 Å². The molecule has 0 spiro atoms. The molecule has 0 saturated carbocycles. The maximum Gasteiger partial charge on any atom is 0.0702 e. The first-order chi connectivity index (χ1) is 7.29. The normalized spacial score (nSPS) is 10.3. The number of aromatic nitrogens is 1. The Kier molecular flexibility index (Phi) is 3.17. The largest absolute Gasteiger partial charge is 0.255 e. The van der Waals surface area contributed by atoms with Crippen LogP contribution in [0.25, 0.3) is 11.3 Å². The summed E-state index contributed by atoms with van der Waals surface area (Å²) in [4.78, 5) is 4.36. The van der Waals surface area contributed by atoms with Crippen LogP contribution in [0.5, 0.6) is 0 Å². The lowest BCUT2D eigenvalue weighted by molar-refractivity contribution is 1.14. The number of hydrogen-bond acceptors (Lipinski definition) is 1. The Bertz CT molecular complexity index is 431. The third-order valence-electron chi connectivity index (χ3n) is 2.39. The van der Waals surface area contributed by atoms with Gasteiger partial charge in [-0.05, 0) is 40.0 Å². The van der Waals surface area contributed by atoms with E-state index in [4.69, 9.17) is 0 Å². The van der Waals surface area contributed by atoms with E-state index in [1.165, 1.54) is 11.1 Å². The van der Waals surface area contributed by atoms with E-state index < -0.39 is 0 Å². The van der Waals surface area contributed by atoms with Crippen LogP contribution < -0.4 is 0 Å². The molecule has 76 valence electrons. The highest BCUT2D eigenvalue weighted by molar-refractivity contribution is 9.10. The zero-order valence-corrected chi connectivity index (χ0v) is 10.2. The van der Waals surface area contributed by atoms with Crippen molar-refractivity contribution in [1.82, 2.24) is 4.98 Å². The standard InChI is InChI=1S/C13H12BrN/c1-2-10-3-5-11(6-4-10)13-8-7-12(14)9-15-13/h3-9H,2H2,1H3. The van der Waals surface area contributed by atoms with Gasteiger partial charge in [0.1, 0.15) is 0 Å². The molecule has 0 atom stereocenters. The molecule has 1 aromatic carbocycles.